The Morgan fingerprint density at radius 3 is 1.24 bits per heavy atom. The molecule has 0 bridgehead atoms. The van der Waals surface area contributed by atoms with Crippen LogP contribution in [0.2, 0.25) is 20.1 Å². The molecule has 0 spiro atoms. The van der Waals surface area contributed by atoms with Gasteiger partial charge in [-0.2, -0.15) is 20.7 Å². The molecule has 34 heteroatoms. The van der Waals surface area contributed by atoms with Crippen molar-refractivity contribution in [3.8, 4) is 12.1 Å². The fourth-order valence-electron chi connectivity index (χ4n) is 14.7. The van der Waals surface area contributed by atoms with Crippen LogP contribution in [0.1, 0.15) is 256 Å². The van der Waals surface area contributed by atoms with Crippen LogP contribution in [0.4, 0.5) is 11.6 Å². The molecule has 0 saturated carbocycles. The van der Waals surface area contributed by atoms with Crippen molar-refractivity contribution in [2.45, 2.75) is 312 Å². The van der Waals surface area contributed by atoms with Gasteiger partial charge in [0, 0.05) is 13.2 Å². The predicted molar refractivity (Wildman–Crippen MR) is 449 cm³/mol. The van der Waals surface area contributed by atoms with Gasteiger partial charge in [-0.1, -0.05) is 265 Å². The SMILES string of the molecule is CCCCCCCCCCCCCCCCCCOC[C@H](COP(=O)(O)OC[C@H]1O[C@@](C#N)(c2ccc3c(N)ncnn23)[C@@H]2OC(C)(C)O[C@@H]21)OCc1ccc(Cl)c(Cl)c1.CCCCCCCCCCCCCCCCCCOC[C@H](COP(=O)(O)OC[C@H]1O[C@@](C#N)(c2ccc3c(N)ncnn23)[C@H](O)[C@@H]1O)OCc1ccc(Cl)c(Cl)c1. The first-order valence-corrected chi connectivity index (χ1v) is 46.5. The van der Waals surface area contributed by atoms with Gasteiger partial charge in [-0.05, 0) is 86.3 Å². The molecule has 2 aromatic carbocycles. The molecule has 3 saturated heterocycles. The Morgan fingerprint density at radius 1 is 0.487 bits per heavy atom. The summed E-state index contributed by atoms with van der Waals surface area (Å²) in [6.07, 6.45) is 34.3. The molecule has 0 radical (unpaired) electrons. The number of nitrogens with two attached hydrogens (primary N) is 2. The lowest BCUT2D eigenvalue weighted by atomic mass is 9.92. The number of aliphatic hydroxyl groups is 2. The summed E-state index contributed by atoms with van der Waals surface area (Å²) < 4.78 is 98.9. The van der Waals surface area contributed by atoms with E-state index < -0.39 is 94.7 Å². The molecular weight excluding hydrogens is 1630 g/mol. The molecule has 6 aromatic rings. The third-order valence-corrected chi connectivity index (χ3v) is 24.6. The number of nitrogen functional groups attached to an aromatic ring is 2. The van der Waals surface area contributed by atoms with E-state index in [1.807, 2.05) is 6.07 Å². The second-order valence-corrected chi connectivity index (χ2v) is 35.6. The van der Waals surface area contributed by atoms with Crippen molar-refractivity contribution >= 4 is 84.7 Å². The van der Waals surface area contributed by atoms with Crippen molar-refractivity contribution in [1.29, 1.82) is 10.5 Å². The van der Waals surface area contributed by atoms with E-state index in [2.05, 4.69) is 40.1 Å². The highest BCUT2D eigenvalue weighted by atomic mass is 35.5. The molecule has 117 heavy (non-hydrogen) atoms. The summed E-state index contributed by atoms with van der Waals surface area (Å²) in [5.41, 5.74) is 10.9. The summed E-state index contributed by atoms with van der Waals surface area (Å²) in [6, 6.07) is 20.7. The summed E-state index contributed by atoms with van der Waals surface area (Å²) >= 11 is 24.5. The molecule has 28 nitrogen and oxygen atoms in total. The van der Waals surface area contributed by atoms with E-state index in [4.69, 9.17) is 114 Å². The number of nitrogens with zero attached hydrogens (tertiary/aromatic N) is 8. The van der Waals surface area contributed by atoms with E-state index in [1.54, 1.807) is 62.4 Å². The number of hydrogen-bond donors (Lipinski definition) is 6. The zero-order valence-corrected chi connectivity index (χ0v) is 73.2. The van der Waals surface area contributed by atoms with Crippen molar-refractivity contribution in [1.82, 2.24) is 29.2 Å². The minimum absolute atomic E-state index is 0.0770. The summed E-state index contributed by atoms with van der Waals surface area (Å²) in [7, 11) is -9.45. The van der Waals surface area contributed by atoms with E-state index in [9.17, 15) is 39.7 Å². The number of benzene rings is 2. The quantitative estimate of drug-likeness (QED) is 0.0153. The van der Waals surface area contributed by atoms with Gasteiger partial charge in [-0.25, -0.2) is 28.1 Å². The van der Waals surface area contributed by atoms with Gasteiger partial charge in [0.05, 0.1) is 84.3 Å². The standard InChI is InChI=1S/C43H64Cl2N5O9P.C40H60Cl2N5O9P/c1-4-5-6-7-8-9-10-11-12-13-14-15-16-17-18-19-24-53-27-33(54-26-32-20-21-34(44)35(45)25-32)28-55-60(51,52)56-29-37-39-40(59-42(2,3)58-39)43(30-46,57-37)38-23-22-36-41(47)48-31-49-50(36)38;1-2-3-4-5-6-7-8-9-10-11-12-13-14-15-16-17-22-52-25-31(53-24-30-18-19-32(41)33(42)23-30)26-54-57(50,51)55-27-35-37(48)38(49)40(28-43,56-35)36-21-20-34-39(44)45-29-46-47(34)36/h20-23,25,31,33,37,39-40H,4-19,24,26-29H2,1-3H3,(H,51,52)(H2,47,48,49);18-21,23,29,31,35,37-38,48-49H,2-17,22,24-27H2,1H3,(H,50,51)(H2,44,45,46)/t33-,37-,39-,40-,43+;31-,35-,37-,38-,40+/m11/s1. The fourth-order valence-corrected chi connectivity index (χ4v) is 16.9. The Hall–Kier alpha value is -4.76. The average molecular weight is 1750 g/mol. The van der Waals surface area contributed by atoms with Crippen LogP contribution in [0.25, 0.3) is 11.0 Å². The first-order chi connectivity index (χ1) is 56.4. The van der Waals surface area contributed by atoms with E-state index in [0.29, 0.717) is 50.0 Å². The van der Waals surface area contributed by atoms with Crippen LogP contribution >= 0.6 is 62.0 Å². The summed E-state index contributed by atoms with van der Waals surface area (Å²) in [5.74, 6) is -0.753. The van der Waals surface area contributed by atoms with Gasteiger partial charge >= 0.3 is 15.6 Å². The predicted octanol–water partition coefficient (Wildman–Crippen LogP) is 18.7. The lowest BCUT2D eigenvalue weighted by Crippen LogP contribution is -2.41. The number of ether oxygens (including phenoxy) is 8. The summed E-state index contributed by atoms with van der Waals surface area (Å²) in [5, 5.41) is 52.5. The van der Waals surface area contributed by atoms with Crippen LogP contribution in [-0.2, 0) is 89.5 Å². The average Bonchev–Trinajstić information content (AvgIpc) is 1.54. The van der Waals surface area contributed by atoms with Crippen molar-refractivity contribution in [2.75, 3.05) is 64.3 Å². The van der Waals surface area contributed by atoms with Gasteiger partial charge < -0.3 is 69.4 Å². The van der Waals surface area contributed by atoms with E-state index >= 15 is 0 Å². The van der Waals surface area contributed by atoms with Crippen LogP contribution in [-0.4, -0.2) is 157 Å². The van der Waals surface area contributed by atoms with Crippen LogP contribution in [0.5, 0.6) is 0 Å². The number of rotatable bonds is 58. The highest BCUT2D eigenvalue weighted by Gasteiger charge is 2.66. The maximum atomic E-state index is 13.3. The van der Waals surface area contributed by atoms with Crippen LogP contribution < -0.4 is 11.5 Å². The van der Waals surface area contributed by atoms with Gasteiger partial charge in [0.15, 0.2) is 17.4 Å². The topological polar surface area (TPSA) is 386 Å². The van der Waals surface area contributed by atoms with Crippen LogP contribution in [0, 0.1) is 22.7 Å². The Bertz CT molecular complexity index is 4110. The third-order valence-electron chi connectivity index (χ3n) is 21.2. The molecule has 12 atom stereocenters. The first kappa shape index (κ1) is 97.7. The molecule has 2 unspecified atom stereocenters. The highest BCUT2D eigenvalue weighted by Crippen LogP contribution is 2.52. The number of aliphatic hydroxyl groups excluding tert-OH is 2. The second-order valence-electron chi connectivity index (χ2n) is 31.0. The Kier molecular flexibility index (Phi) is 42.4. The first-order valence-electron chi connectivity index (χ1n) is 42.0. The number of hydrogen-bond acceptors (Lipinski definition) is 24. The summed E-state index contributed by atoms with van der Waals surface area (Å²) in [4.78, 5) is 29.4. The van der Waals surface area contributed by atoms with Gasteiger partial charge in [0.1, 0.15) is 84.7 Å². The van der Waals surface area contributed by atoms with E-state index in [1.165, 1.54) is 201 Å². The Balaban J connectivity index is 0.000000292. The number of phosphoric acid groups is 2. The Morgan fingerprint density at radius 2 is 0.855 bits per heavy atom. The number of unbranched alkanes of at least 4 members (excludes halogenated alkanes) is 30. The fraction of sp³-hybridized carbons (Fsp3) is 0.687. The molecule has 8 N–H and O–H groups in total. The number of halogens is 4. The largest absolute Gasteiger partial charge is 0.472 e. The van der Waals surface area contributed by atoms with E-state index in [-0.39, 0.29) is 57.0 Å². The van der Waals surface area contributed by atoms with Crippen molar-refractivity contribution in [2.24, 2.45) is 0 Å². The molecule has 0 amide bonds. The van der Waals surface area contributed by atoms with Crippen molar-refractivity contribution in [3.05, 3.63) is 116 Å². The molecule has 3 fully saturated rings. The monoisotopic (exact) mass is 1750 g/mol. The maximum absolute atomic E-state index is 13.3. The Labute approximate surface area is 709 Å². The normalized spacial score (nSPS) is 21.9. The molecule has 9 rings (SSSR count). The van der Waals surface area contributed by atoms with Gasteiger partial charge in [0.2, 0.25) is 11.2 Å². The zero-order chi connectivity index (χ0) is 84.1. The van der Waals surface area contributed by atoms with Crippen molar-refractivity contribution in [3.63, 3.8) is 0 Å². The highest BCUT2D eigenvalue weighted by molar-refractivity contribution is 7.47. The van der Waals surface area contributed by atoms with Gasteiger partial charge in [-0.3, -0.25) is 18.1 Å². The van der Waals surface area contributed by atoms with Gasteiger partial charge in [-0.15, -0.1) is 0 Å². The number of aromatic nitrogens is 6. The number of phosphoric ester groups is 2. The van der Waals surface area contributed by atoms with Crippen LogP contribution in [0.3, 0.4) is 0 Å². The number of fused-ring (bicyclic) bond motifs is 3. The lowest BCUT2D eigenvalue weighted by molar-refractivity contribution is -0.204. The van der Waals surface area contributed by atoms with Crippen molar-refractivity contribution < 1.29 is 85.1 Å². The lowest BCUT2D eigenvalue weighted by Gasteiger charge is -2.29. The molecule has 7 heterocycles. The van der Waals surface area contributed by atoms with Gasteiger partial charge in [0.25, 0.3) is 0 Å². The molecular formula is C83H124Cl4N10O18P2. The number of anilines is 2. The van der Waals surface area contributed by atoms with E-state index in [0.717, 1.165) is 49.7 Å². The third kappa shape index (κ3) is 30.9. The molecule has 3 aliphatic heterocycles. The molecule has 4 aromatic heterocycles. The van der Waals surface area contributed by atoms with Crippen LogP contribution in [0.15, 0.2) is 73.3 Å². The minimum atomic E-state index is -4.76. The second kappa shape index (κ2) is 50.7. The minimum Gasteiger partial charge on any atom is -0.387 e. The molecule has 0 aliphatic carbocycles. The smallest absolute Gasteiger partial charge is 0.387 e. The molecule has 652 valence electrons. The molecule has 3 aliphatic rings. The summed E-state index contributed by atoms with van der Waals surface area (Å²) in [6.45, 7) is 7.58. The number of nitriles is 2. The zero-order valence-electron chi connectivity index (χ0n) is 68.4. The maximum Gasteiger partial charge on any atom is 0.472 e.